The van der Waals surface area contributed by atoms with Crippen molar-refractivity contribution in [1.82, 2.24) is 19.9 Å². The molecule has 3 aromatic rings. The number of carbonyl (C=O) groups excluding carboxylic acids is 1. The smallest absolute Gasteiger partial charge is 0.269 e. The summed E-state index contributed by atoms with van der Waals surface area (Å²) in [4.78, 5) is 29.3. The second kappa shape index (κ2) is 8.32. The molecule has 0 saturated carbocycles. The van der Waals surface area contributed by atoms with Crippen LogP contribution in [0.2, 0.25) is 0 Å². The molecule has 6 nitrogen and oxygen atoms in total. The predicted octanol–water partition coefficient (Wildman–Crippen LogP) is 5.94. The van der Waals surface area contributed by atoms with Crippen LogP contribution in [0.15, 0.2) is 35.4 Å². The van der Waals surface area contributed by atoms with Crippen LogP contribution >= 0.6 is 22.7 Å². The van der Waals surface area contributed by atoms with Gasteiger partial charge >= 0.3 is 0 Å². The average molecular weight is 474 g/mol. The van der Waals surface area contributed by atoms with Gasteiger partial charge in [-0.2, -0.15) is 8.78 Å². The molecule has 1 amide bonds. The Morgan fingerprint density at radius 2 is 1.91 bits per heavy atom. The molecule has 0 spiro atoms. The molecule has 166 valence electrons. The number of anilines is 2. The molecule has 5 rings (SSSR count). The van der Waals surface area contributed by atoms with Crippen molar-refractivity contribution in [2.75, 3.05) is 5.32 Å². The largest absolute Gasteiger partial charge is 0.332 e. The number of aryl methyl sites for hydroxylation is 2. The van der Waals surface area contributed by atoms with Crippen LogP contribution in [0.4, 0.5) is 19.7 Å². The quantitative estimate of drug-likeness (QED) is 0.508. The first-order valence-electron chi connectivity index (χ1n) is 10.4. The van der Waals surface area contributed by atoms with Gasteiger partial charge in [0.1, 0.15) is 5.82 Å². The van der Waals surface area contributed by atoms with E-state index in [1.165, 1.54) is 17.5 Å². The van der Waals surface area contributed by atoms with E-state index in [0.717, 1.165) is 34.1 Å². The van der Waals surface area contributed by atoms with Gasteiger partial charge in [0, 0.05) is 23.7 Å². The van der Waals surface area contributed by atoms with Crippen LogP contribution in [-0.2, 0) is 0 Å². The van der Waals surface area contributed by atoms with E-state index in [0.29, 0.717) is 16.5 Å². The molecule has 5 heterocycles. The lowest BCUT2D eigenvalue weighted by Gasteiger charge is -2.35. The summed E-state index contributed by atoms with van der Waals surface area (Å²) < 4.78 is 26.1. The number of rotatable bonds is 4. The third kappa shape index (κ3) is 3.93. The Hall–Kier alpha value is -2.72. The summed E-state index contributed by atoms with van der Waals surface area (Å²) in [7, 11) is 0. The Morgan fingerprint density at radius 1 is 1.16 bits per heavy atom. The van der Waals surface area contributed by atoms with Crippen molar-refractivity contribution < 1.29 is 13.6 Å². The van der Waals surface area contributed by atoms with Gasteiger partial charge in [-0.05, 0) is 57.2 Å². The number of halogens is 2. The number of nitrogens with one attached hydrogen (secondary N) is 1. The maximum atomic E-state index is 13.0. The zero-order chi connectivity index (χ0) is 22.4. The van der Waals surface area contributed by atoms with Crippen LogP contribution in [0.5, 0.6) is 0 Å². The summed E-state index contributed by atoms with van der Waals surface area (Å²) in [6, 6.07) is 3.17. The van der Waals surface area contributed by atoms with E-state index in [1.54, 1.807) is 28.4 Å². The maximum absolute atomic E-state index is 13.0. The Kier molecular flexibility index (Phi) is 5.50. The van der Waals surface area contributed by atoms with Crippen LogP contribution < -0.4 is 5.32 Å². The molecule has 2 saturated heterocycles. The van der Waals surface area contributed by atoms with E-state index in [-0.39, 0.29) is 36.4 Å². The highest BCUT2D eigenvalue weighted by Gasteiger charge is 2.42. The van der Waals surface area contributed by atoms with Crippen LogP contribution in [-0.4, -0.2) is 37.8 Å². The highest BCUT2D eigenvalue weighted by Crippen LogP contribution is 2.40. The number of pyridine rings is 1. The van der Waals surface area contributed by atoms with Gasteiger partial charge in [0.15, 0.2) is 5.13 Å². The number of amides is 1. The predicted molar refractivity (Wildman–Crippen MR) is 122 cm³/mol. The van der Waals surface area contributed by atoms with Crippen molar-refractivity contribution in [2.24, 2.45) is 0 Å². The third-order valence-electron chi connectivity index (χ3n) is 5.97. The highest BCUT2D eigenvalue weighted by atomic mass is 32.1. The van der Waals surface area contributed by atoms with Crippen LogP contribution in [0.1, 0.15) is 46.7 Å². The average Bonchev–Trinajstić information content (AvgIpc) is 3.43. The molecule has 3 aromatic heterocycles. The fraction of sp³-hybridized carbons (Fsp3) is 0.364. The van der Waals surface area contributed by atoms with Crippen molar-refractivity contribution in [3.05, 3.63) is 51.6 Å². The Labute approximate surface area is 192 Å². The molecule has 2 fully saturated rings. The van der Waals surface area contributed by atoms with Gasteiger partial charge in [-0.15, -0.1) is 22.7 Å². The fourth-order valence-electron chi connectivity index (χ4n) is 4.56. The van der Waals surface area contributed by atoms with Gasteiger partial charge in [-0.25, -0.2) is 15.0 Å². The SMILES string of the molecule is Cc1nc(C)c(-c2csc(Nc3ccc(C(=O)N4[C@@H]5CC[C@H]4CC(=C(F)F)C5)cn3)n2)s1. The number of aromatic nitrogens is 3. The molecule has 0 aliphatic carbocycles. The van der Waals surface area contributed by atoms with E-state index < -0.39 is 6.08 Å². The molecular formula is C22H21F2N5OS2. The molecule has 2 bridgehead atoms. The van der Waals surface area contributed by atoms with Gasteiger partial charge in [0.2, 0.25) is 0 Å². The number of hydrogen-bond donors (Lipinski definition) is 1. The summed E-state index contributed by atoms with van der Waals surface area (Å²) in [6.45, 7) is 3.95. The second-order valence-electron chi connectivity index (χ2n) is 8.11. The maximum Gasteiger partial charge on any atom is 0.269 e. The van der Waals surface area contributed by atoms with Gasteiger partial charge in [0.25, 0.3) is 12.0 Å². The number of fused-ring (bicyclic) bond motifs is 2. The molecule has 32 heavy (non-hydrogen) atoms. The van der Waals surface area contributed by atoms with E-state index in [4.69, 9.17) is 0 Å². The molecule has 2 atom stereocenters. The fourth-order valence-corrected chi connectivity index (χ4v) is 6.22. The summed E-state index contributed by atoms with van der Waals surface area (Å²) in [5.74, 6) is 0.452. The lowest BCUT2D eigenvalue weighted by Crippen LogP contribution is -2.44. The Bertz CT molecular complexity index is 1180. The molecular weight excluding hydrogens is 452 g/mol. The van der Waals surface area contributed by atoms with Crippen molar-refractivity contribution in [1.29, 1.82) is 0 Å². The first-order chi connectivity index (χ1) is 15.4. The Morgan fingerprint density at radius 3 is 2.50 bits per heavy atom. The van der Waals surface area contributed by atoms with Gasteiger partial charge in [-0.3, -0.25) is 4.79 Å². The molecule has 0 aromatic carbocycles. The standard InChI is InChI=1S/C22H21F2N5OS2/c1-11-19(32-12(2)26-11)17-10-31-22(27-17)28-18-6-3-13(9-25-18)21(30)29-15-4-5-16(29)8-14(7-15)20(23)24/h3,6,9-10,15-16H,4-5,7-8H2,1-2H3,(H,25,27,28)/t15-,16+. The lowest BCUT2D eigenvalue weighted by atomic mass is 9.97. The van der Waals surface area contributed by atoms with Gasteiger partial charge < -0.3 is 10.2 Å². The number of thiazole rings is 2. The van der Waals surface area contributed by atoms with Crippen molar-refractivity contribution in [3.8, 4) is 10.6 Å². The molecule has 2 aliphatic rings. The summed E-state index contributed by atoms with van der Waals surface area (Å²) >= 11 is 3.09. The lowest BCUT2D eigenvalue weighted by molar-refractivity contribution is 0.0629. The molecule has 2 aliphatic heterocycles. The second-order valence-corrected chi connectivity index (χ2v) is 10.2. The summed E-state index contributed by atoms with van der Waals surface area (Å²) in [5, 5.41) is 6.87. The normalized spacial score (nSPS) is 20.0. The zero-order valence-corrected chi connectivity index (χ0v) is 19.2. The van der Waals surface area contributed by atoms with E-state index in [9.17, 15) is 13.6 Å². The summed E-state index contributed by atoms with van der Waals surface area (Å²) in [6.07, 6.45) is 2.02. The van der Waals surface area contributed by atoms with E-state index >= 15 is 0 Å². The third-order valence-corrected chi connectivity index (χ3v) is 7.82. The number of carbonyl (C=O) groups is 1. The van der Waals surface area contributed by atoms with Gasteiger partial charge in [-0.1, -0.05) is 0 Å². The monoisotopic (exact) mass is 473 g/mol. The molecule has 0 unspecified atom stereocenters. The Balaban J connectivity index is 1.28. The minimum absolute atomic E-state index is 0.137. The topological polar surface area (TPSA) is 71.0 Å². The molecule has 0 radical (unpaired) electrons. The van der Waals surface area contributed by atoms with Crippen molar-refractivity contribution in [3.63, 3.8) is 0 Å². The number of piperidine rings is 1. The first kappa shape index (κ1) is 21.1. The zero-order valence-electron chi connectivity index (χ0n) is 17.6. The molecule has 1 N–H and O–H groups in total. The van der Waals surface area contributed by atoms with E-state index in [1.807, 2.05) is 19.2 Å². The van der Waals surface area contributed by atoms with Gasteiger partial charge in [0.05, 0.1) is 26.8 Å². The minimum atomic E-state index is -1.59. The summed E-state index contributed by atoms with van der Waals surface area (Å²) in [5.41, 5.74) is 2.52. The minimum Gasteiger partial charge on any atom is -0.332 e. The van der Waals surface area contributed by atoms with Crippen LogP contribution in [0.25, 0.3) is 10.6 Å². The van der Waals surface area contributed by atoms with Crippen molar-refractivity contribution >= 4 is 39.5 Å². The molecule has 10 heteroatoms. The van der Waals surface area contributed by atoms with Crippen molar-refractivity contribution in [2.45, 2.75) is 51.6 Å². The highest BCUT2D eigenvalue weighted by molar-refractivity contribution is 7.16. The van der Waals surface area contributed by atoms with Crippen LogP contribution in [0.3, 0.4) is 0 Å². The number of nitrogens with zero attached hydrogens (tertiary/aromatic N) is 4. The number of hydrogen-bond acceptors (Lipinski definition) is 7. The first-order valence-corrected chi connectivity index (χ1v) is 12.1. The van der Waals surface area contributed by atoms with Crippen LogP contribution in [0, 0.1) is 13.8 Å². The van der Waals surface area contributed by atoms with E-state index in [2.05, 4.69) is 20.3 Å².